The number of aliphatic hydroxyl groups is 1. The molecule has 2 aliphatic rings. The van der Waals surface area contributed by atoms with Gasteiger partial charge in [-0.1, -0.05) is 0 Å². The van der Waals surface area contributed by atoms with Crippen molar-refractivity contribution in [1.29, 1.82) is 0 Å². The SMILES string of the molecule is Nc1ncnc2c1nc(-c1cccnc1)n2[C@@H]1O[C@@H]2COP(O)(=S)O[C@H]2[C@H]1O. The highest BCUT2D eigenvalue weighted by atomic mass is 32.5. The maximum Gasteiger partial charge on any atom is 0.325 e. The fourth-order valence-corrected chi connectivity index (χ4v) is 4.86. The summed E-state index contributed by atoms with van der Waals surface area (Å²) in [6.07, 6.45) is 1.07. The Morgan fingerprint density at radius 2 is 2.21 bits per heavy atom. The van der Waals surface area contributed by atoms with E-state index < -0.39 is 31.3 Å². The lowest BCUT2D eigenvalue weighted by molar-refractivity contribution is -0.0588. The summed E-state index contributed by atoms with van der Waals surface area (Å²) in [5.41, 5.74) is 7.40. The van der Waals surface area contributed by atoms with E-state index in [-0.39, 0.29) is 12.4 Å². The van der Waals surface area contributed by atoms with Crippen molar-refractivity contribution in [2.24, 2.45) is 0 Å². The van der Waals surface area contributed by atoms with E-state index in [1.807, 2.05) is 6.07 Å². The van der Waals surface area contributed by atoms with Crippen LogP contribution in [0.2, 0.25) is 0 Å². The Balaban J connectivity index is 1.66. The molecule has 0 aromatic carbocycles. The summed E-state index contributed by atoms with van der Waals surface area (Å²) in [5, 5.41) is 10.9. The summed E-state index contributed by atoms with van der Waals surface area (Å²) in [6, 6.07) is 3.58. The van der Waals surface area contributed by atoms with Gasteiger partial charge in [0.2, 0.25) is 0 Å². The van der Waals surface area contributed by atoms with Crippen LogP contribution in [0.15, 0.2) is 30.9 Å². The van der Waals surface area contributed by atoms with Gasteiger partial charge in [0.15, 0.2) is 23.2 Å². The molecule has 0 spiro atoms. The van der Waals surface area contributed by atoms with Crippen LogP contribution in [-0.4, -0.2) is 59.4 Å². The lowest BCUT2D eigenvalue weighted by Crippen LogP contribution is -2.39. The second-order valence-corrected chi connectivity index (χ2v) is 9.16. The third-order valence-corrected chi connectivity index (χ3v) is 6.21. The Hall–Kier alpha value is -2.05. The number of hydrogen-bond acceptors (Lipinski definition) is 10. The molecule has 3 aromatic rings. The van der Waals surface area contributed by atoms with Gasteiger partial charge in [0.25, 0.3) is 0 Å². The van der Waals surface area contributed by atoms with Gasteiger partial charge in [0.1, 0.15) is 30.5 Å². The molecule has 0 saturated carbocycles. The third-order valence-electron chi connectivity index (χ3n) is 4.65. The van der Waals surface area contributed by atoms with E-state index in [0.717, 1.165) is 0 Å². The van der Waals surface area contributed by atoms with Gasteiger partial charge in [-0.2, -0.15) is 0 Å². The predicted molar refractivity (Wildman–Crippen MR) is 100 cm³/mol. The van der Waals surface area contributed by atoms with Crippen LogP contribution in [0.3, 0.4) is 0 Å². The summed E-state index contributed by atoms with van der Waals surface area (Å²) in [4.78, 5) is 26.9. The molecule has 11 nitrogen and oxygen atoms in total. The first-order valence-corrected chi connectivity index (χ1v) is 10.9. The molecule has 1 unspecified atom stereocenters. The molecule has 2 aliphatic heterocycles. The number of aromatic nitrogens is 5. The number of hydrogen-bond donors (Lipinski definition) is 3. The van der Waals surface area contributed by atoms with Crippen molar-refractivity contribution in [3.63, 3.8) is 0 Å². The van der Waals surface area contributed by atoms with Gasteiger partial charge >= 0.3 is 6.72 Å². The van der Waals surface area contributed by atoms with Crippen LogP contribution in [0, 0.1) is 0 Å². The summed E-state index contributed by atoms with van der Waals surface area (Å²) < 4.78 is 18.2. The van der Waals surface area contributed by atoms with Crippen LogP contribution >= 0.6 is 6.72 Å². The Labute approximate surface area is 163 Å². The van der Waals surface area contributed by atoms with Gasteiger partial charge in [-0.3, -0.25) is 14.1 Å². The van der Waals surface area contributed by atoms with E-state index in [2.05, 4.69) is 19.9 Å². The second-order valence-electron chi connectivity index (χ2n) is 6.37. The largest absolute Gasteiger partial charge is 0.386 e. The van der Waals surface area contributed by atoms with E-state index in [0.29, 0.717) is 22.6 Å². The number of aliphatic hydroxyl groups excluding tert-OH is 1. The molecule has 5 atom stereocenters. The molecule has 0 aliphatic carbocycles. The summed E-state index contributed by atoms with van der Waals surface area (Å²) in [5.74, 6) is 0.645. The first-order valence-electron chi connectivity index (χ1n) is 8.33. The van der Waals surface area contributed by atoms with E-state index >= 15 is 0 Å². The van der Waals surface area contributed by atoms with Crippen LogP contribution < -0.4 is 5.73 Å². The quantitative estimate of drug-likeness (QED) is 0.491. The van der Waals surface area contributed by atoms with Gasteiger partial charge in [-0.25, -0.2) is 15.0 Å². The average molecular weight is 422 g/mol. The second kappa shape index (κ2) is 6.49. The summed E-state index contributed by atoms with van der Waals surface area (Å²) in [6.45, 7) is -3.40. The van der Waals surface area contributed by atoms with Crippen molar-refractivity contribution in [3.8, 4) is 11.4 Å². The molecule has 0 bridgehead atoms. The molecule has 5 heterocycles. The van der Waals surface area contributed by atoms with Crippen LogP contribution in [0.1, 0.15) is 6.23 Å². The molecule has 2 fully saturated rings. The van der Waals surface area contributed by atoms with Gasteiger partial charge in [0.05, 0.1) is 6.61 Å². The standard InChI is InChI=1S/C15H15N6O5PS/c16-12-9-14(19-6-18-12)21(13(20-9)7-2-1-3-17-4-7)15-10(22)11-8(25-15)5-24-27(23,28)26-11/h1-4,6,8,10-11,15,22H,5H2,(H,23,28)(H2,16,18,19)/t8-,10-,11-,15-,27?/m1/s1. The number of fused-ring (bicyclic) bond motifs is 2. The average Bonchev–Trinajstić information content (AvgIpc) is 3.21. The van der Waals surface area contributed by atoms with Crippen molar-refractivity contribution in [1.82, 2.24) is 24.5 Å². The maximum atomic E-state index is 10.9. The van der Waals surface area contributed by atoms with Crippen LogP contribution in [0.4, 0.5) is 5.82 Å². The van der Waals surface area contributed by atoms with Crippen molar-refractivity contribution in [2.45, 2.75) is 24.5 Å². The Morgan fingerprint density at radius 1 is 1.36 bits per heavy atom. The van der Waals surface area contributed by atoms with Crippen molar-refractivity contribution in [2.75, 3.05) is 12.3 Å². The topological polar surface area (TPSA) is 151 Å². The Morgan fingerprint density at radius 3 is 3.00 bits per heavy atom. The number of nitrogens with zero attached hydrogens (tertiary/aromatic N) is 5. The zero-order chi connectivity index (χ0) is 19.5. The highest BCUT2D eigenvalue weighted by Gasteiger charge is 2.51. The predicted octanol–water partition coefficient (Wildman–Crippen LogP) is 0.361. The van der Waals surface area contributed by atoms with Gasteiger partial charge < -0.3 is 25.0 Å². The number of ether oxygens (including phenoxy) is 1. The van der Waals surface area contributed by atoms with Crippen LogP contribution in [-0.2, 0) is 25.6 Å². The lowest BCUT2D eigenvalue weighted by atomic mass is 10.1. The van der Waals surface area contributed by atoms with E-state index in [1.54, 1.807) is 23.0 Å². The maximum absolute atomic E-state index is 10.9. The zero-order valence-corrected chi connectivity index (χ0v) is 15.9. The van der Waals surface area contributed by atoms with Crippen LogP contribution in [0.25, 0.3) is 22.6 Å². The van der Waals surface area contributed by atoms with Gasteiger partial charge in [-0.15, -0.1) is 0 Å². The number of nitrogen functional groups attached to an aromatic ring is 1. The minimum atomic E-state index is -3.41. The molecule has 3 aromatic heterocycles. The first-order chi connectivity index (χ1) is 13.4. The molecular weight excluding hydrogens is 407 g/mol. The smallest absolute Gasteiger partial charge is 0.325 e. The zero-order valence-electron chi connectivity index (χ0n) is 14.2. The number of imidazole rings is 1. The minimum absolute atomic E-state index is 0.0119. The van der Waals surface area contributed by atoms with Crippen molar-refractivity contribution < 1.29 is 23.8 Å². The molecule has 4 N–H and O–H groups in total. The van der Waals surface area contributed by atoms with E-state index in [1.165, 1.54) is 6.33 Å². The van der Waals surface area contributed by atoms with Crippen LogP contribution in [0.5, 0.6) is 0 Å². The molecule has 146 valence electrons. The third kappa shape index (κ3) is 2.81. The Bertz CT molecular complexity index is 1100. The number of anilines is 1. The normalized spacial score (nSPS) is 32.5. The number of pyridine rings is 1. The van der Waals surface area contributed by atoms with E-state index in [4.69, 9.17) is 31.3 Å². The summed E-state index contributed by atoms with van der Waals surface area (Å²) >= 11 is 4.90. The van der Waals surface area contributed by atoms with E-state index in [9.17, 15) is 10.00 Å². The van der Waals surface area contributed by atoms with Crippen molar-refractivity contribution >= 4 is 35.5 Å². The highest BCUT2D eigenvalue weighted by Crippen LogP contribution is 2.53. The molecule has 13 heteroatoms. The lowest BCUT2D eigenvalue weighted by Gasteiger charge is -2.30. The molecular formula is C15H15N6O5PS. The van der Waals surface area contributed by atoms with Gasteiger partial charge in [-0.05, 0) is 23.9 Å². The molecule has 0 radical (unpaired) electrons. The number of nitrogens with two attached hydrogens (primary N) is 1. The molecule has 2 saturated heterocycles. The number of rotatable bonds is 2. The summed E-state index contributed by atoms with van der Waals surface area (Å²) in [7, 11) is 0. The Kier molecular flexibility index (Phi) is 4.18. The monoisotopic (exact) mass is 422 g/mol. The minimum Gasteiger partial charge on any atom is -0.386 e. The fourth-order valence-electron chi connectivity index (χ4n) is 3.41. The van der Waals surface area contributed by atoms with Crippen molar-refractivity contribution in [3.05, 3.63) is 30.9 Å². The fraction of sp³-hybridized carbons (Fsp3) is 0.333. The first kappa shape index (κ1) is 18.0. The molecule has 5 rings (SSSR count). The molecule has 28 heavy (non-hydrogen) atoms. The molecule has 0 amide bonds. The highest BCUT2D eigenvalue weighted by molar-refractivity contribution is 8.07. The van der Waals surface area contributed by atoms with Gasteiger partial charge in [0, 0.05) is 18.0 Å².